The Bertz CT molecular complexity index is 177. The van der Waals surface area contributed by atoms with E-state index in [2.05, 4.69) is 37.3 Å². The summed E-state index contributed by atoms with van der Waals surface area (Å²) in [4.78, 5) is 14.3. The van der Waals surface area contributed by atoms with Gasteiger partial charge in [0, 0.05) is 0 Å². The van der Waals surface area contributed by atoms with Gasteiger partial charge in [-0.05, 0) is 12.0 Å². The number of benzene rings is 1. The lowest BCUT2D eigenvalue weighted by atomic mass is 10.1. The van der Waals surface area contributed by atoms with Gasteiger partial charge in [0.05, 0.1) is 0 Å². The lowest BCUT2D eigenvalue weighted by molar-refractivity contribution is 0.513. The minimum atomic E-state index is -0.917. The molecule has 0 spiro atoms. The monoisotopic (exact) mass is 186 g/mol. The molecular weight excluding hydrogens is 171 g/mol. The molecule has 68 valence electrons. The largest absolute Gasteiger partial charge is 0.352 e. The zero-order valence-corrected chi connectivity index (χ0v) is 8.20. The molecule has 0 saturated carbocycles. The van der Waals surface area contributed by atoms with Gasteiger partial charge in [-0.25, -0.2) is 0 Å². The van der Waals surface area contributed by atoms with E-state index in [0.717, 1.165) is 0 Å². The molecule has 2 N–H and O–H groups in total. The third-order valence-electron chi connectivity index (χ3n) is 1.38. The van der Waals surface area contributed by atoms with Crippen molar-refractivity contribution in [1.82, 2.24) is 0 Å². The van der Waals surface area contributed by atoms with Crippen LogP contribution in [0.5, 0.6) is 0 Å². The molecule has 0 unspecified atom stereocenters. The Hall–Kier alpha value is -0.430. The van der Waals surface area contributed by atoms with Gasteiger partial charge in [0.15, 0.2) is 0 Å². The van der Waals surface area contributed by atoms with E-state index in [1.807, 2.05) is 0 Å². The molecule has 1 aromatic rings. The predicted molar refractivity (Wildman–Crippen MR) is 53.2 cm³/mol. The fourth-order valence-corrected chi connectivity index (χ4v) is 0.933. The number of aryl methyl sites for hydroxylation is 1. The molecule has 3 heteroatoms. The molecule has 0 saturated heterocycles. The highest BCUT2D eigenvalue weighted by Gasteiger charge is 1.84. The van der Waals surface area contributed by atoms with Crippen LogP contribution in [0, 0.1) is 0 Å². The minimum absolute atomic E-state index is 0.917. The van der Waals surface area contributed by atoms with Crippen LogP contribution in [0.2, 0.25) is 0 Å². The van der Waals surface area contributed by atoms with Crippen molar-refractivity contribution in [3.63, 3.8) is 0 Å². The first-order chi connectivity index (χ1) is 5.85. The van der Waals surface area contributed by atoms with E-state index in [1.165, 1.54) is 18.4 Å². The molecule has 12 heavy (non-hydrogen) atoms. The summed E-state index contributed by atoms with van der Waals surface area (Å²) in [6.07, 6.45) is 2.45. The zero-order chi connectivity index (χ0) is 9.23. The van der Waals surface area contributed by atoms with Gasteiger partial charge in [0.2, 0.25) is 0 Å². The van der Waals surface area contributed by atoms with Crippen LogP contribution >= 0.6 is 9.03 Å². The fourth-order valence-electron chi connectivity index (χ4n) is 0.933. The third kappa shape index (κ3) is 6.29. The highest BCUT2D eigenvalue weighted by atomic mass is 31.1. The number of hydrogen-bond donors (Lipinski definition) is 2. The quantitative estimate of drug-likeness (QED) is 0.694. The van der Waals surface area contributed by atoms with E-state index in [4.69, 9.17) is 9.79 Å². The number of hydrogen-bond acceptors (Lipinski definition) is 2. The molecule has 2 nitrogen and oxygen atoms in total. The van der Waals surface area contributed by atoms with Crippen LogP contribution in [0.1, 0.15) is 18.9 Å². The van der Waals surface area contributed by atoms with Crippen LogP contribution < -0.4 is 0 Å². The van der Waals surface area contributed by atoms with Crippen molar-refractivity contribution in [3.8, 4) is 0 Å². The molecule has 0 amide bonds. The average Bonchev–Trinajstić information content (AvgIpc) is 2.08. The first-order valence-corrected chi connectivity index (χ1v) is 4.81. The Morgan fingerprint density at radius 3 is 2.08 bits per heavy atom. The van der Waals surface area contributed by atoms with E-state index >= 15 is 0 Å². The van der Waals surface area contributed by atoms with Gasteiger partial charge in [-0.1, -0.05) is 43.7 Å². The Labute approximate surface area is 75.2 Å². The SMILES string of the molecule is CCCc1ccccc1.OPO. The van der Waals surface area contributed by atoms with E-state index in [9.17, 15) is 0 Å². The van der Waals surface area contributed by atoms with E-state index in [-0.39, 0.29) is 0 Å². The second-order valence-electron chi connectivity index (χ2n) is 2.34. The molecule has 0 aliphatic heterocycles. The summed E-state index contributed by atoms with van der Waals surface area (Å²) in [6, 6.07) is 10.6. The molecule has 0 fully saturated rings. The van der Waals surface area contributed by atoms with Gasteiger partial charge in [0.25, 0.3) is 0 Å². The standard InChI is InChI=1S/C9H12.H3O2P/c1-2-6-9-7-4-3-5-8-9;1-3-2/h3-5,7-8H,2,6H2,1H3;1-3H. The molecule has 0 radical (unpaired) electrons. The highest BCUT2D eigenvalue weighted by molar-refractivity contribution is 7.23. The summed E-state index contributed by atoms with van der Waals surface area (Å²) in [5, 5.41) is 0. The second kappa shape index (κ2) is 8.66. The molecular formula is C9H15O2P. The summed E-state index contributed by atoms with van der Waals surface area (Å²) < 4.78 is 0. The highest BCUT2D eigenvalue weighted by Crippen LogP contribution is 2.00. The van der Waals surface area contributed by atoms with Crippen molar-refractivity contribution in [2.45, 2.75) is 19.8 Å². The zero-order valence-electron chi connectivity index (χ0n) is 7.20. The van der Waals surface area contributed by atoms with Crippen molar-refractivity contribution in [1.29, 1.82) is 0 Å². The van der Waals surface area contributed by atoms with Crippen LogP contribution in [0.25, 0.3) is 0 Å². The van der Waals surface area contributed by atoms with Gasteiger partial charge < -0.3 is 9.79 Å². The lowest BCUT2D eigenvalue weighted by Crippen LogP contribution is -1.78. The molecule has 0 atom stereocenters. The summed E-state index contributed by atoms with van der Waals surface area (Å²) in [7, 11) is -0.917. The Morgan fingerprint density at radius 1 is 1.17 bits per heavy atom. The molecule has 0 aromatic heterocycles. The smallest absolute Gasteiger partial charge is 0.149 e. The normalized spacial score (nSPS) is 8.58. The molecule has 1 rings (SSSR count). The van der Waals surface area contributed by atoms with E-state index < -0.39 is 9.03 Å². The van der Waals surface area contributed by atoms with Crippen LogP contribution in [0.15, 0.2) is 30.3 Å². The first kappa shape index (κ1) is 11.6. The molecule has 1 aromatic carbocycles. The van der Waals surface area contributed by atoms with Gasteiger partial charge in [-0.15, -0.1) is 0 Å². The van der Waals surface area contributed by atoms with E-state index in [1.54, 1.807) is 0 Å². The maximum atomic E-state index is 7.15. The maximum Gasteiger partial charge on any atom is 0.149 e. The molecule has 0 aliphatic rings. The predicted octanol–water partition coefficient (Wildman–Crippen LogP) is 2.12. The topological polar surface area (TPSA) is 40.5 Å². The van der Waals surface area contributed by atoms with E-state index in [0.29, 0.717) is 0 Å². The first-order valence-electron chi connectivity index (χ1n) is 3.92. The maximum absolute atomic E-state index is 7.15. The fraction of sp³-hybridized carbons (Fsp3) is 0.333. The average molecular weight is 186 g/mol. The summed E-state index contributed by atoms with van der Waals surface area (Å²) in [5.41, 5.74) is 1.44. The Kier molecular flexibility index (Phi) is 8.35. The van der Waals surface area contributed by atoms with Gasteiger partial charge in [-0.3, -0.25) is 0 Å². The second-order valence-corrected chi connectivity index (χ2v) is 2.54. The summed E-state index contributed by atoms with van der Waals surface area (Å²) >= 11 is 0. The van der Waals surface area contributed by atoms with Crippen LogP contribution in [0.3, 0.4) is 0 Å². The van der Waals surface area contributed by atoms with Crippen LogP contribution in [-0.4, -0.2) is 9.79 Å². The minimum Gasteiger partial charge on any atom is -0.352 e. The van der Waals surface area contributed by atoms with Crippen LogP contribution in [0.4, 0.5) is 0 Å². The van der Waals surface area contributed by atoms with Gasteiger partial charge in [0.1, 0.15) is 9.03 Å². The Balaban J connectivity index is 0.000000354. The van der Waals surface area contributed by atoms with Gasteiger partial charge in [-0.2, -0.15) is 0 Å². The van der Waals surface area contributed by atoms with Crippen molar-refractivity contribution < 1.29 is 9.79 Å². The summed E-state index contributed by atoms with van der Waals surface area (Å²) in [6.45, 7) is 2.20. The van der Waals surface area contributed by atoms with Crippen molar-refractivity contribution in [2.24, 2.45) is 0 Å². The summed E-state index contributed by atoms with van der Waals surface area (Å²) in [5.74, 6) is 0. The number of rotatable bonds is 2. The molecule has 0 heterocycles. The van der Waals surface area contributed by atoms with Crippen molar-refractivity contribution in [2.75, 3.05) is 0 Å². The molecule has 0 bridgehead atoms. The lowest BCUT2D eigenvalue weighted by Gasteiger charge is -1.93. The van der Waals surface area contributed by atoms with Gasteiger partial charge >= 0.3 is 0 Å². The third-order valence-corrected chi connectivity index (χ3v) is 1.38. The van der Waals surface area contributed by atoms with Crippen molar-refractivity contribution in [3.05, 3.63) is 35.9 Å². The Morgan fingerprint density at radius 2 is 1.67 bits per heavy atom. The van der Waals surface area contributed by atoms with Crippen molar-refractivity contribution >= 4 is 9.03 Å². The molecule has 0 aliphatic carbocycles. The van der Waals surface area contributed by atoms with Crippen LogP contribution in [-0.2, 0) is 6.42 Å².